The first-order valence-corrected chi connectivity index (χ1v) is 9.47. The van der Waals surface area contributed by atoms with Crippen molar-refractivity contribution in [3.63, 3.8) is 0 Å². The van der Waals surface area contributed by atoms with Crippen molar-refractivity contribution in [2.24, 2.45) is 0 Å². The SMILES string of the molecule is CCC(CC)Nc1nc(C)c(-c2ccc(OC(C)C)cc2OC)nc1OC. The summed E-state index contributed by atoms with van der Waals surface area (Å²) in [6, 6.07) is 6.07. The summed E-state index contributed by atoms with van der Waals surface area (Å²) >= 11 is 0. The molecule has 27 heavy (non-hydrogen) atoms. The second-order valence-electron chi connectivity index (χ2n) is 6.70. The summed E-state index contributed by atoms with van der Waals surface area (Å²) in [7, 11) is 3.25. The Labute approximate surface area is 162 Å². The Balaban J connectivity index is 2.46. The van der Waals surface area contributed by atoms with E-state index in [1.807, 2.05) is 39.0 Å². The molecule has 0 amide bonds. The number of anilines is 1. The standard InChI is InChI=1S/C21H31N3O3/c1-8-15(9-2)23-20-21(26-7)24-19(14(5)22-20)17-11-10-16(27-13(3)4)12-18(17)25-6/h10-13,15H,8-9H2,1-7H3,(H,22,23). The fourth-order valence-electron chi connectivity index (χ4n) is 2.89. The zero-order valence-electron chi connectivity index (χ0n) is 17.4. The van der Waals surface area contributed by atoms with E-state index in [0.717, 1.165) is 35.5 Å². The van der Waals surface area contributed by atoms with Gasteiger partial charge in [0.25, 0.3) is 5.88 Å². The number of methoxy groups -OCH3 is 2. The molecule has 1 aromatic carbocycles. The lowest BCUT2D eigenvalue weighted by atomic mass is 10.1. The van der Waals surface area contributed by atoms with Gasteiger partial charge in [-0.25, -0.2) is 9.97 Å². The maximum Gasteiger partial charge on any atom is 0.257 e. The predicted octanol–water partition coefficient (Wildman–Crippen LogP) is 4.86. The first-order chi connectivity index (χ1) is 12.9. The number of hydrogen-bond acceptors (Lipinski definition) is 6. The maximum absolute atomic E-state index is 5.76. The molecule has 0 radical (unpaired) electrons. The molecule has 0 saturated carbocycles. The highest BCUT2D eigenvalue weighted by molar-refractivity contribution is 5.72. The van der Waals surface area contributed by atoms with Crippen molar-refractivity contribution in [2.75, 3.05) is 19.5 Å². The third-order valence-electron chi connectivity index (χ3n) is 4.36. The fourth-order valence-corrected chi connectivity index (χ4v) is 2.89. The highest BCUT2D eigenvalue weighted by atomic mass is 16.5. The second-order valence-corrected chi connectivity index (χ2v) is 6.70. The van der Waals surface area contributed by atoms with Gasteiger partial charge in [-0.05, 0) is 45.7 Å². The van der Waals surface area contributed by atoms with E-state index >= 15 is 0 Å². The molecule has 0 atom stereocenters. The van der Waals surface area contributed by atoms with Crippen molar-refractivity contribution < 1.29 is 14.2 Å². The molecule has 6 heteroatoms. The maximum atomic E-state index is 5.76. The Morgan fingerprint density at radius 2 is 1.74 bits per heavy atom. The van der Waals surface area contributed by atoms with Gasteiger partial charge < -0.3 is 19.5 Å². The van der Waals surface area contributed by atoms with Crippen LogP contribution in [0, 0.1) is 6.92 Å². The predicted molar refractivity (Wildman–Crippen MR) is 109 cm³/mol. The highest BCUT2D eigenvalue weighted by Crippen LogP contribution is 2.36. The Morgan fingerprint density at radius 3 is 2.30 bits per heavy atom. The van der Waals surface area contributed by atoms with E-state index in [9.17, 15) is 0 Å². The molecule has 0 bridgehead atoms. The third kappa shape index (κ3) is 5.02. The van der Waals surface area contributed by atoms with Crippen molar-refractivity contribution in [1.82, 2.24) is 9.97 Å². The Bertz CT molecular complexity index is 759. The van der Waals surface area contributed by atoms with Crippen LogP contribution in [0.4, 0.5) is 5.82 Å². The average Bonchev–Trinajstić information content (AvgIpc) is 2.65. The molecule has 0 aliphatic rings. The van der Waals surface area contributed by atoms with Crippen molar-refractivity contribution in [3.05, 3.63) is 23.9 Å². The molecule has 6 nitrogen and oxygen atoms in total. The van der Waals surface area contributed by atoms with Crippen molar-refractivity contribution in [1.29, 1.82) is 0 Å². The van der Waals surface area contributed by atoms with Gasteiger partial charge >= 0.3 is 0 Å². The zero-order chi connectivity index (χ0) is 20.0. The largest absolute Gasteiger partial charge is 0.496 e. The summed E-state index contributed by atoms with van der Waals surface area (Å²) in [4.78, 5) is 9.43. The van der Waals surface area contributed by atoms with E-state index in [-0.39, 0.29) is 6.10 Å². The van der Waals surface area contributed by atoms with Crippen LogP contribution in [-0.4, -0.2) is 36.3 Å². The number of hydrogen-bond donors (Lipinski definition) is 1. The van der Waals surface area contributed by atoms with Gasteiger partial charge in [0.15, 0.2) is 5.82 Å². The van der Waals surface area contributed by atoms with Crippen molar-refractivity contribution in [3.8, 4) is 28.6 Å². The zero-order valence-corrected chi connectivity index (χ0v) is 17.4. The second kappa shape index (κ2) is 9.44. The Hall–Kier alpha value is -2.50. The summed E-state index contributed by atoms with van der Waals surface area (Å²) in [5.41, 5.74) is 2.39. The van der Waals surface area contributed by atoms with Crippen LogP contribution in [-0.2, 0) is 0 Å². The van der Waals surface area contributed by atoms with E-state index in [4.69, 9.17) is 24.2 Å². The summed E-state index contributed by atoms with van der Waals surface area (Å²) in [6.45, 7) is 10.2. The molecular formula is C21H31N3O3. The van der Waals surface area contributed by atoms with E-state index < -0.39 is 0 Å². The van der Waals surface area contributed by atoms with Gasteiger partial charge in [0.2, 0.25) is 0 Å². The topological polar surface area (TPSA) is 65.5 Å². The molecule has 1 aromatic heterocycles. The van der Waals surface area contributed by atoms with E-state index in [0.29, 0.717) is 23.5 Å². The van der Waals surface area contributed by atoms with Crippen LogP contribution in [0.1, 0.15) is 46.2 Å². The van der Waals surface area contributed by atoms with Crippen LogP contribution < -0.4 is 19.5 Å². The van der Waals surface area contributed by atoms with Crippen LogP contribution in [0.15, 0.2) is 18.2 Å². The van der Waals surface area contributed by atoms with Crippen LogP contribution in [0.5, 0.6) is 17.4 Å². The van der Waals surface area contributed by atoms with Gasteiger partial charge in [0.1, 0.15) is 11.5 Å². The number of benzene rings is 1. The summed E-state index contributed by atoms with van der Waals surface area (Å²) in [5, 5.41) is 3.43. The molecule has 0 aliphatic carbocycles. The highest BCUT2D eigenvalue weighted by Gasteiger charge is 2.18. The quantitative estimate of drug-likeness (QED) is 0.677. The minimum absolute atomic E-state index is 0.0950. The van der Waals surface area contributed by atoms with Gasteiger partial charge in [-0.1, -0.05) is 13.8 Å². The molecular weight excluding hydrogens is 342 g/mol. The Kier molecular flexibility index (Phi) is 7.28. The molecule has 2 aromatic rings. The lowest BCUT2D eigenvalue weighted by Crippen LogP contribution is -2.19. The molecule has 0 fully saturated rings. The van der Waals surface area contributed by atoms with Gasteiger partial charge in [-0.2, -0.15) is 0 Å². The van der Waals surface area contributed by atoms with Gasteiger partial charge in [0, 0.05) is 17.7 Å². The van der Waals surface area contributed by atoms with Crippen LogP contribution in [0.3, 0.4) is 0 Å². The minimum Gasteiger partial charge on any atom is -0.496 e. The van der Waals surface area contributed by atoms with Crippen molar-refractivity contribution >= 4 is 5.82 Å². The van der Waals surface area contributed by atoms with Gasteiger partial charge in [0.05, 0.1) is 31.7 Å². The van der Waals surface area contributed by atoms with Crippen molar-refractivity contribution in [2.45, 2.75) is 59.6 Å². The lowest BCUT2D eigenvalue weighted by molar-refractivity contribution is 0.241. The van der Waals surface area contributed by atoms with Crippen LogP contribution in [0.2, 0.25) is 0 Å². The molecule has 0 unspecified atom stereocenters. The molecule has 0 spiro atoms. The summed E-state index contributed by atoms with van der Waals surface area (Å²) in [6.07, 6.45) is 2.11. The Morgan fingerprint density at radius 1 is 1.04 bits per heavy atom. The van der Waals surface area contributed by atoms with Gasteiger partial charge in [-0.15, -0.1) is 0 Å². The molecule has 148 valence electrons. The van der Waals surface area contributed by atoms with Crippen LogP contribution in [0.25, 0.3) is 11.3 Å². The summed E-state index contributed by atoms with van der Waals surface area (Å²) < 4.78 is 16.8. The molecule has 0 aliphatic heterocycles. The molecule has 2 rings (SSSR count). The van der Waals surface area contributed by atoms with E-state index in [1.54, 1.807) is 14.2 Å². The molecule has 1 N–H and O–H groups in total. The first kappa shape index (κ1) is 20.8. The van der Waals surface area contributed by atoms with Gasteiger partial charge in [-0.3, -0.25) is 0 Å². The summed E-state index contributed by atoms with van der Waals surface area (Å²) in [5.74, 6) is 2.60. The molecule has 1 heterocycles. The van der Waals surface area contributed by atoms with E-state index in [1.165, 1.54) is 0 Å². The van der Waals surface area contributed by atoms with E-state index in [2.05, 4.69) is 19.2 Å². The number of rotatable bonds is 9. The first-order valence-electron chi connectivity index (χ1n) is 9.47. The lowest BCUT2D eigenvalue weighted by Gasteiger charge is -2.19. The minimum atomic E-state index is 0.0950. The molecule has 0 saturated heterocycles. The monoisotopic (exact) mass is 373 g/mol. The number of aryl methyl sites for hydroxylation is 1. The van der Waals surface area contributed by atoms with Crippen LogP contribution >= 0.6 is 0 Å². The average molecular weight is 373 g/mol. The smallest absolute Gasteiger partial charge is 0.257 e. The third-order valence-corrected chi connectivity index (χ3v) is 4.36. The number of ether oxygens (including phenoxy) is 3. The normalized spacial score (nSPS) is 11.0. The number of aromatic nitrogens is 2. The fraction of sp³-hybridized carbons (Fsp3) is 0.524. The number of nitrogens with one attached hydrogen (secondary N) is 1. The number of nitrogens with zero attached hydrogens (tertiary/aromatic N) is 2.